The number of alkyl halides is 3. The van der Waals surface area contributed by atoms with Crippen molar-refractivity contribution in [2.75, 3.05) is 0 Å². The first-order valence-corrected chi connectivity index (χ1v) is 11.9. The minimum absolute atomic E-state index is 0.0861. The van der Waals surface area contributed by atoms with Crippen LogP contribution in [0.4, 0.5) is 13.2 Å². The van der Waals surface area contributed by atoms with Crippen LogP contribution in [0.3, 0.4) is 0 Å². The van der Waals surface area contributed by atoms with Crippen molar-refractivity contribution in [3.8, 4) is 0 Å². The lowest BCUT2D eigenvalue weighted by Crippen LogP contribution is -2.43. The number of carbonyl (C=O) groups excluding carboxylic acids is 1. The fourth-order valence-electron chi connectivity index (χ4n) is 4.25. The summed E-state index contributed by atoms with van der Waals surface area (Å²) in [6.07, 6.45) is -3.30. The Kier molecular flexibility index (Phi) is 5.19. The van der Waals surface area contributed by atoms with Crippen molar-refractivity contribution in [1.82, 2.24) is 10.2 Å². The SMILES string of the molecule is Cc1c(C(=O)NC2(C)CC2)sc2c1CN(C1=NOC(c3cc(Cl)cc(Cl)c3)(C(F)(F)F)C1)C2. The summed E-state index contributed by atoms with van der Waals surface area (Å²) in [6, 6.07) is 3.77. The van der Waals surface area contributed by atoms with E-state index in [1.807, 2.05) is 13.8 Å². The van der Waals surface area contributed by atoms with Gasteiger partial charge in [-0.2, -0.15) is 13.2 Å². The summed E-state index contributed by atoms with van der Waals surface area (Å²) in [6.45, 7) is 4.64. The molecule has 176 valence electrons. The molecule has 1 aromatic heterocycles. The Bertz CT molecular complexity index is 1170. The molecule has 1 unspecified atom stereocenters. The number of oxime groups is 1. The van der Waals surface area contributed by atoms with Crippen LogP contribution < -0.4 is 5.32 Å². The van der Waals surface area contributed by atoms with E-state index >= 15 is 0 Å². The Labute approximate surface area is 202 Å². The number of rotatable bonds is 3. The molecular weight excluding hydrogens is 498 g/mol. The minimum atomic E-state index is -4.74. The second kappa shape index (κ2) is 7.52. The summed E-state index contributed by atoms with van der Waals surface area (Å²) in [4.78, 5) is 21.1. The number of hydrogen-bond acceptors (Lipinski definition) is 5. The van der Waals surface area contributed by atoms with Crippen molar-refractivity contribution in [3.63, 3.8) is 0 Å². The van der Waals surface area contributed by atoms with Gasteiger partial charge in [-0.25, -0.2) is 0 Å². The lowest BCUT2D eigenvalue weighted by atomic mass is 9.89. The van der Waals surface area contributed by atoms with E-state index in [1.54, 1.807) is 4.90 Å². The standard InChI is InChI=1S/C22H20Cl2F3N3O2S/c1-11-15-9-30(10-16(15)33-18(11)19(31)28-20(2)3-4-20)17-8-21(32-29-17,22(25,26)27)12-5-13(23)7-14(24)6-12/h5-7H,3-4,8-10H2,1-2H3,(H,28,31). The lowest BCUT2D eigenvalue weighted by molar-refractivity contribution is -0.275. The molecule has 2 aromatic rings. The van der Waals surface area contributed by atoms with E-state index in [2.05, 4.69) is 10.5 Å². The molecule has 1 fully saturated rings. The van der Waals surface area contributed by atoms with Gasteiger partial charge in [0.2, 0.25) is 0 Å². The van der Waals surface area contributed by atoms with Crippen molar-refractivity contribution < 1.29 is 22.8 Å². The molecule has 0 bridgehead atoms. The van der Waals surface area contributed by atoms with E-state index in [1.165, 1.54) is 29.5 Å². The highest BCUT2D eigenvalue weighted by atomic mass is 35.5. The normalized spacial score (nSPS) is 23.2. The van der Waals surface area contributed by atoms with Gasteiger partial charge in [0, 0.05) is 32.6 Å². The third-order valence-corrected chi connectivity index (χ3v) is 8.28. The van der Waals surface area contributed by atoms with E-state index < -0.39 is 18.2 Å². The highest BCUT2D eigenvalue weighted by molar-refractivity contribution is 7.14. The van der Waals surface area contributed by atoms with Gasteiger partial charge in [-0.3, -0.25) is 4.79 Å². The van der Waals surface area contributed by atoms with Crippen molar-refractivity contribution >= 4 is 46.3 Å². The monoisotopic (exact) mass is 517 g/mol. The van der Waals surface area contributed by atoms with Gasteiger partial charge in [-0.05, 0) is 56.0 Å². The zero-order valence-corrected chi connectivity index (χ0v) is 20.1. The third-order valence-electron chi connectivity index (χ3n) is 6.53. The molecule has 0 radical (unpaired) electrons. The largest absolute Gasteiger partial charge is 0.435 e. The first kappa shape index (κ1) is 22.8. The van der Waals surface area contributed by atoms with Crippen LogP contribution in [0.15, 0.2) is 23.4 Å². The van der Waals surface area contributed by atoms with Crippen LogP contribution in [0, 0.1) is 6.92 Å². The number of fused-ring (bicyclic) bond motifs is 1. The fourth-order valence-corrected chi connectivity index (χ4v) is 6.00. The molecule has 1 saturated carbocycles. The predicted octanol–water partition coefficient (Wildman–Crippen LogP) is 6.15. The van der Waals surface area contributed by atoms with Gasteiger partial charge in [-0.1, -0.05) is 28.4 Å². The quantitative estimate of drug-likeness (QED) is 0.530. The van der Waals surface area contributed by atoms with Gasteiger partial charge in [0.1, 0.15) is 5.84 Å². The highest BCUT2D eigenvalue weighted by Gasteiger charge is 2.63. The zero-order chi connectivity index (χ0) is 23.8. The van der Waals surface area contributed by atoms with Gasteiger partial charge in [0.05, 0.1) is 17.8 Å². The Morgan fingerprint density at radius 3 is 2.45 bits per heavy atom. The molecule has 0 saturated heterocycles. The second-order valence-electron chi connectivity index (χ2n) is 9.09. The summed E-state index contributed by atoms with van der Waals surface area (Å²) in [5, 5.41) is 7.08. The molecule has 11 heteroatoms. The number of nitrogens with zero attached hydrogens (tertiary/aromatic N) is 2. The molecular formula is C22H20Cl2F3N3O2S. The van der Waals surface area contributed by atoms with Gasteiger partial charge < -0.3 is 15.1 Å². The van der Waals surface area contributed by atoms with E-state index in [-0.39, 0.29) is 32.9 Å². The maximum absolute atomic E-state index is 14.2. The first-order chi connectivity index (χ1) is 15.4. The average Bonchev–Trinajstić information content (AvgIpc) is 3.10. The van der Waals surface area contributed by atoms with E-state index in [0.29, 0.717) is 18.0 Å². The van der Waals surface area contributed by atoms with Crippen molar-refractivity contribution in [3.05, 3.63) is 54.7 Å². The number of hydrogen-bond donors (Lipinski definition) is 1. The molecule has 1 aliphatic carbocycles. The fraction of sp³-hybridized carbons (Fsp3) is 0.455. The number of carbonyl (C=O) groups is 1. The summed E-state index contributed by atoms with van der Waals surface area (Å²) in [5.41, 5.74) is -1.15. The topological polar surface area (TPSA) is 53.9 Å². The van der Waals surface area contributed by atoms with Crippen molar-refractivity contribution in [2.45, 2.75) is 63.5 Å². The molecule has 3 aliphatic rings. The Morgan fingerprint density at radius 2 is 1.88 bits per heavy atom. The molecule has 3 heterocycles. The average molecular weight is 518 g/mol. The Balaban J connectivity index is 1.36. The molecule has 33 heavy (non-hydrogen) atoms. The lowest BCUT2D eigenvalue weighted by Gasteiger charge is -2.30. The van der Waals surface area contributed by atoms with Crippen LogP contribution in [0.5, 0.6) is 0 Å². The van der Waals surface area contributed by atoms with Crippen LogP contribution >= 0.6 is 34.5 Å². The third kappa shape index (κ3) is 3.88. The summed E-state index contributed by atoms with van der Waals surface area (Å²) in [5.74, 6) is 0.108. The number of amides is 1. The van der Waals surface area contributed by atoms with Crippen LogP contribution in [0.25, 0.3) is 0 Å². The molecule has 1 N–H and O–H groups in total. The first-order valence-electron chi connectivity index (χ1n) is 10.4. The molecule has 1 aromatic carbocycles. The summed E-state index contributed by atoms with van der Waals surface area (Å²) in [7, 11) is 0. The number of nitrogens with one attached hydrogen (secondary N) is 1. The number of benzene rings is 1. The highest BCUT2D eigenvalue weighted by Crippen LogP contribution is 2.50. The smallest absolute Gasteiger partial charge is 0.372 e. The van der Waals surface area contributed by atoms with E-state index in [9.17, 15) is 18.0 Å². The van der Waals surface area contributed by atoms with Crippen molar-refractivity contribution in [1.29, 1.82) is 0 Å². The second-order valence-corrected chi connectivity index (χ2v) is 11.1. The number of amidine groups is 1. The Hall–Kier alpha value is -1.97. The minimum Gasteiger partial charge on any atom is -0.372 e. The van der Waals surface area contributed by atoms with Crippen LogP contribution in [0.1, 0.15) is 57.4 Å². The molecule has 1 atom stereocenters. The summed E-state index contributed by atoms with van der Waals surface area (Å²) >= 11 is 13.3. The molecule has 5 rings (SSSR count). The van der Waals surface area contributed by atoms with Crippen LogP contribution in [-0.2, 0) is 23.5 Å². The summed E-state index contributed by atoms with van der Waals surface area (Å²) < 4.78 is 42.7. The van der Waals surface area contributed by atoms with Gasteiger partial charge in [-0.15, -0.1) is 11.3 Å². The van der Waals surface area contributed by atoms with Gasteiger partial charge in [0.25, 0.3) is 11.5 Å². The number of halogens is 5. The molecule has 0 spiro atoms. The molecule has 1 amide bonds. The maximum atomic E-state index is 14.2. The Morgan fingerprint density at radius 1 is 1.21 bits per heavy atom. The van der Waals surface area contributed by atoms with Crippen molar-refractivity contribution in [2.24, 2.45) is 5.16 Å². The van der Waals surface area contributed by atoms with E-state index in [4.69, 9.17) is 28.0 Å². The number of thiophene rings is 1. The molecule has 5 nitrogen and oxygen atoms in total. The van der Waals surface area contributed by atoms with Gasteiger partial charge in [0.15, 0.2) is 0 Å². The van der Waals surface area contributed by atoms with Crippen LogP contribution in [0.2, 0.25) is 10.0 Å². The van der Waals surface area contributed by atoms with Crippen LogP contribution in [-0.4, -0.2) is 28.4 Å². The van der Waals surface area contributed by atoms with E-state index in [0.717, 1.165) is 28.8 Å². The molecule has 2 aliphatic heterocycles. The zero-order valence-electron chi connectivity index (χ0n) is 17.8. The maximum Gasteiger partial charge on any atom is 0.435 e. The van der Waals surface area contributed by atoms with Gasteiger partial charge >= 0.3 is 6.18 Å². The predicted molar refractivity (Wildman–Crippen MR) is 121 cm³/mol.